The van der Waals surface area contributed by atoms with Crippen molar-refractivity contribution in [3.63, 3.8) is 0 Å². The van der Waals surface area contributed by atoms with Crippen LogP contribution in [-0.2, 0) is 20.1 Å². The molecule has 6 aromatic rings. The van der Waals surface area contributed by atoms with E-state index in [0.29, 0.717) is 17.8 Å². The zero-order valence-electron chi connectivity index (χ0n) is 30.9. The van der Waals surface area contributed by atoms with Gasteiger partial charge in [-0.1, -0.05) is 97.9 Å². The van der Waals surface area contributed by atoms with Gasteiger partial charge in [-0.25, -0.2) is 4.98 Å². The Balaban J connectivity index is 0.000000219. The largest absolute Gasteiger partial charge is 0.507 e. The predicted molar refractivity (Wildman–Crippen MR) is 203 cm³/mol. The minimum Gasteiger partial charge on any atom is -0.507 e. The maximum atomic E-state index is 10.4. The topological polar surface area (TPSA) is 50.9 Å². The second-order valence-electron chi connectivity index (χ2n) is 14.1. The van der Waals surface area contributed by atoms with Crippen molar-refractivity contribution in [2.24, 2.45) is 0 Å². The van der Waals surface area contributed by atoms with Crippen LogP contribution in [0.2, 0.25) is 0 Å². The van der Waals surface area contributed by atoms with Gasteiger partial charge in [0.1, 0.15) is 11.6 Å². The van der Waals surface area contributed by atoms with E-state index in [1.807, 2.05) is 31.3 Å². The number of aromatic nitrogens is 3. The minimum absolute atomic E-state index is 0. The molecular formula is C44H50IrN3O-. The van der Waals surface area contributed by atoms with Gasteiger partial charge in [-0.15, -0.1) is 34.9 Å². The van der Waals surface area contributed by atoms with Gasteiger partial charge in [0.05, 0.1) is 16.9 Å². The van der Waals surface area contributed by atoms with Gasteiger partial charge in [0.2, 0.25) is 0 Å². The number of benzene rings is 4. The molecule has 0 saturated carbocycles. The molecule has 0 aliphatic heterocycles. The van der Waals surface area contributed by atoms with Crippen molar-refractivity contribution in [1.82, 2.24) is 14.5 Å². The summed E-state index contributed by atoms with van der Waals surface area (Å²) in [4.78, 5) is 9.47. The molecule has 0 saturated heterocycles. The maximum absolute atomic E-state index is 10.4. The molecule has 4 aromatic carbocycles. The molecule has 6 rings (SSSR count). The third-order valence-corrected chi connectivity index (χ3v) is 9.23. The molecule has 0 amide bonds. The van der Waals surface area contributed by atoms with Crippen LogP contribution in [0.1, 0.15) is 104 Å². The first-order valence-corrected chi connectivity index (χ1v) is 17.2. The van der Waals surface area contributed by atoms with Crippen LogP contribution >= 0.6 is 0 Å². The smallest absolute Gasteiger partial charge is 0.148 e. The molecule has 0 aliphatic rings. The monoisotopic (exact) mass is 829 g/mol. The maximum Gasteiger partial charge on any atom is 0.148 e. The Morgan fingerprint density at radius 3 is 1.94 bits per heavy atom. The van der Waals surface area contributed by atoms with E-state index in [4.69, 9.17) is 4.98 Å². The minimum atomic E-state index is 0. The van der Waals surface area contributed by atoms with Crippen LogP contribution in [-0.4, -0.2) is 19.6 Å². The third kappa shape index (κ3) is 7.90. The van der Waals surface area contributed by atoms with Crippen molar-refractivity contribution < 1.29 is 25.2 Å². The summed E-state index contributed by atoms with van der Waals surface area (Å²) < 4.78 is 2.23. The van der Waals surface area contributed by atoms with E-state index in [2.05, 4.69) is 133 Å². The second-order valence-corrected chi connectivity index (χ2v) is 14.1. The molecule has 2 aromatic heterocycles. The summed E-state index contributed by atoms with van der Waals surface area (Å²) in [5, 5.41) is 12.9. The molecule has 5 heteroatoms. The number of aromatic hydroxyl groups is 1. The van der Waals surface area contributed by atoms with E-state index in [-0.39, 0.29) is 25.9 Å². The third-order valence-electron chi connectivity index (χ3n) is 9.23. The van der Waals surface area contributed by atoms with Gasteiger partial charge in [0.15, 0.2) is 0 Å². The SMILES string of the molecule is Cc1[c-]c(-c2nccc3cc(C(C)C)c(C)cc23)cc(C)c1.Cc1nc(-c2ccccc2O)n(-c2c(C(C)C)cccc2C(C)C)c1C.[Ir]. The van der Waals surface area contributed by atoms with E-state index in [1.165, 1.54) is 44.3 Å². The van der Waals surface area contributed by atoms with E-state index in [0.717, 1.165) is 39.6 Å². The van der Waals surface area contributed by atoms with Crippen molar-refractivity contribution in [2.75, 3.05) is 0 Å². The summed E-state index contributed by atoms with van der Waals surface area (Å²) in [7, 11) is 0. The van der Waals surface area contributed by atoms with E-state index in [1.54, 1.807) is 6.07 Å². The Hall–Kier alpha value is -4.05. The van der Waals surface area contributed by atoms with Crippen LogP contribution in [0, 0.1) is 40.7 Å². The fraction of sp³-hybridized carbons (Fsp3) is 0.318. The van der Waals surface area contributed by atoms with E-state index >= 15 is 0 Å². The molecule has 257 valence electrons. The fourth-order valence-corrected chi connectivity index (χ4v) is 6.70. The van der Waals surface area contributed by atoms with Crippen LogP contribution in [0.5, 0.6) is 5.75 Å². The summed E-state index contributed by atoms with van der Waals surface area (Å²) in [5.41, 5.74) is 13.9. The number of imidazole rings is 1. The van der Waals surface area contributed by atoms with Gasteiger partial charge >= 0.3 is 0 Å². The molecule has 2 heterocycles. The van der Waals surface area contributed by atoms with Crippen LogP contribution < -0.4 is 0 Å². The zero-order chi connectivity index (χ0) is 34.9. The number of nitrogens with zero attached hydrogens (tertiary/aromatic N) is 3. The average molecular weight is 829 g/mol. The van der Waals surface area contributed by atoms with Crippen LogP contribution in [0.3, 0.4) is 0 Å². The Labute approximate surface area is 307 Å². The van der Waals surface area contributed by atoms with Crippen LogP contribution in [0.25, 0.3) is 39.1 Å². The van der Waals surface area contributed by atoms with Gasteiger partial charge in [0.25, 0.3) is 0 Å². The molecule has 0 unspecified atom stereocenters. The number of aryl methyl sites for hydroxylation is 4. The number of phenolic OH excluding ortho intramolecular Hbond substituents is 1. The number of phenols is 1. The van der Waals surface area contributed by atoms with Crippen molar-refractivity contribution in [2.45, 2.75) is 93.9 Å². The molecule has 0 aliphatic carbocycles. The summed E-state index contributed by atoms with van der Waals surface area (Å²) in [6, 6.07) is 28.4. The average Bonchev–Trinajstić information content (AvgIpc) is 3.32. The Morgan fingerprint density at radius 1 is 0.714 bits per heavy atom. The molecule has 0 atom stereocenters. The first kappa shape index (κ1) is 37.8. The number of para-hydroxylation sites is 2. The molecule has 1 radical (unpaired) electrons. The van der Waals surface area contributed by atoms with Gasteiger partial charge < -0.3 is 10.1 Å². The fourth-order valence-electron chi connectivity index (χ4n) is 6.70. The first-order chi connectivity index (χ1) is 22.8. The van der Waals surface area contributed by atoms with Crippen LogP contribution in [0.4, 0.5) is 0 Å². The Kier molecular flexibility index (Phi) is 12.1. The number of hydrogen-bond donors (Lipinski definition) is 1. The molecule has 1 N–H and O–H groups in total. The van der Waals surface area contributed by atoms with Gasteiger partial charge in [-0.05, 0) is 95.4 Å². The van der Waals surface area contributed by atoms with Crippen molar-refractivity contribution in [3.8, 4) is 34.1 Å². The summed E-state index contributed by atoms with van der Waals surface area (Å²) in [5.74, 6) is 2.37. The number of pyridine rings is 1. The van der Waals surface area contributed by atoms with Crippen LogP contribution in [0.15, 0.2) is 79.0 Å². The molecule has 0 fully saturated rings. The Morgan fingerprint density at radius 2 is 1.35 bits per heavy atom. The normalized spacial score (nSPS) is 11.2. The molecule has 0 spiro atoms. The first-order valence-electron chi connectivity index (χ1n) is 17.2. The summed E-state index contributed by atoms with van der Waals surface area (Å²) in [6.45, 7) is 23.9. The predicted octanol–water partition coefficient (Wildman–Crippen LogP) is 11.9. The number of hydrogen-bond acceptors (Lipinski definition) is 3. The number of rotatable bonds is 6. The van der Waals surface area contributed by atoms with Gasteiger partial charge in [-0.2, -0.15) is 0 Å². The van der Waals surface area contributed by atoms with Crippen molar-refractivity contribution in [1.29, 1.82) is 0 Å². The quantitative estimate of drug-likeness (QED) is 0.170. The van der Waals surface area contributed by atoms with E-state index < -0.39 is 0 Å². The molecule has 49 heavy (non-hydrogen) atoms. The standard InChI is InChI=1S/C23H28N2O.C21H22N.Ir/c1-14(2)18-11-9-12-19(15(3)4)22(18)25-17(6)16(5)24-23(25)20-10-7-8-13-21(20)26;1-13(2)19-12-17-6-7-22-21(20(17)11-16(19)5)18-9-14(3)8-15(4)10-18;/h7-15,26H,1-6H3;6-9,11-13H,1-5H3;/q;-1;. The zero-order valence-corrected chi connectivity index (χ0v) is 33.3. The van der Waals surface area contributed by atoms with Crippen molar-refractivity contribution >= 4 is 10.8 Å². The second kappa shape index (κ2) is 15.7. The van der Waals surface area contributed by atoms with E-state index in [9.17, 15) is 5.11 Å². The number of fused-ring (bicyclic) bond motifs is 1. The summed E-state index contributed by atoms with van der Waals surface area (Å²) >= 11 is 0. The van der Waals surface area contributed by atoms with Gasteiger partial charge in [-0.3, -0.25) is 4.57 Å². The molecule has 4 nitrogen and oxygen atoms in total. The Bertz CT molecular complexity index is 2040. The molecule has 0 bridgehead atoms. The van der Waals surface area contributed by atoms with Crippen molar-refractivity contribution in [3.05, 3.63) is 130 Å². The molecular weight excluding hydrogens is 779 g/mol. The van der Waals surface area contributed by atoms with Gasteiger partial charge in [0, 0.05) is 32.0 Å². The summed E-state index contributed by atoms with van der Waals surface area (Å²) in [6.07, 6.45) is 1.91.